The third kappa shape index (κ3) is 2.76. The van der Waals surface area contributed by atoms with Crippen molar-refractivity contribution in [2.24, 2.45) is 0 Å². The highest BCUT2D eigenvalue weighted by atomic mass is 15.2. The van der Waals surface area contributed by atoms with Crippen LogP contribution in [0.1, 0.15) is 33.6 Å². The Bertz CT molecular complexity index is 141. The molecule has 0 spiro atoms. The van der Waals surface area contributed by atoms with Gasteiger partial charge >= 0.3 is 0 Å². The Morgan fingerprint density at radius 2 is 2.08 bits per heavy atom. The van der Waals surface area contributed by atoms with Crippen LogP contribution in [0.15, 0.2) is 0 Å². The monoisotopic (exact) mass is 170 g/mol. The molecule has 1 aliphatic heterocycles. The zero-order valence-electron chi connectivity index (χ0n) is 8.85. The highest BCUT2D eigenvalue weighted by molar-refractivity contribution is 4.90. The van der Waals surface area contributed by atoms with E-state index in [0.717, 1.165) is 0 Å². The summed E-state index contributed by atoms with van der Waals surface area (Å²) in [6, 6.07) is 0.599. The van der Waals surface area contributed by atoms with Crippen molar-refractivity contribution < 1.29 is 0 Å². The number of piperidine rings is 1. The molecule has 2 nitrogen and oxygen atoms in total. The second-order valence-electron chi connectivity index (χ2n) is 4.70. The SMILES string of the molecule is CC(C)NC1(C)CCCN(C)C1. The highest BCUT2D eigenvalue weighted by Gasteiger charge is 2.29. The minimum atomic E-state index is 0.348. The lowest BCUT2D eigenvalue weighted by Crippen LogP contribution is -2.55. The Kier molecular flexibility index (Phi) is 3.13. The molecule has 1 heterocycles. The van der Waals surface area contributed by atoms with Crippen LogP contribution in [0.25, 0.3) is 0 Å². The number of likely N-dealkylation sites (N-methyl/N-ethyl adjacent to an activating group) is 1. The predicted molar refractivity (Wildman–Crippen MR) is 53.4 cm³/mol. The molecule has 0 amide bonds. The lowest BCUT2D eigenvalue weighted by Gasteiger charge is -2.40. The van der Waals surface area contributed by atoms with Crippen LogP contribution in [-0.2, 0) is 0 Å². The molecule has 1 N–H and O–H groups in total. The Hall–Kier alpha value is -0.0800. The molecule has 1 atom stereocenters. The van der Waals surface area contributed by atoms with Gasteiger partial charge in [0.25, 0.3) is 0 Å². The average molecular weight is 170 g/mol. The number of hydrogen-bond acceptors (Lipinski definition) is 2. The maximum absolute atomic E-state index is 3.65. The van der Waals surface area contributed by atoms with Crippen molar-refractivity contribution in [1.82, 2.24) is 10.2 Å². The maximum Gasteiger partial charge on any atom is 0.0283 e. The van der Waals surface area contributed by atoms with Gasteiger partial charge in [0.1, 0.15) is 0 Å². The van der Waals surface area contributed by atoms with Crippen LogP contribution in [0.3, 0.4) is 0 Å². The van der Waals surface area contributed by atoms with E-state index >= 15 is 0 Å². The van der Waals surface area contributed by atoms with Crippen molar-refractivity contribution in [1.29, 1.82) is 0 Å². The molecule has 0 aliphatic carbocycles. The number of rotatable bonds is 2. The van der Waals surface area contributed by atoms with E-state index in [2.05, 4.69) is 38.0 Å². The van der Waals surface area contributed by atoms with Crippen LogP contribution in [0.2, 0.25) is 0 Å². The molecular formula is C10H22N2. The van der Waals surface area contributed by atoms with Crippen molar-refractivity contribution >= 4 is 0 Å². The van der Waals surface area contributed by atoms with Gasteiger partial charge in [-0.25, -0.2) is 0 Å². The molecule has 0 bridgehead atoms. The standard InChI is InChI=1S/C10H22N2/c1-9(2)11-10(3)6-5-7-12(4)8-10/h9,11H,5-8H2,1-4H3. The number of nitrogens with one attached hydrogen (secondary N) is 1. The molecule has 1 unspecified atom stereocenters. The minimum absolute atomic E-state index is 0.348. The first-order chi connectivity index (χ1) is 5.52. The predicted octanol–water partition coefficient (Wildman–Crippen LogP) is 1.47. The second-order valence-corrected chi connectivity index (χ2v) is 4.70. The summed E-state index contributed by atoms with van der Waals surface area (Å²) in [6.45, 7) is 9.23. The Morgan fingerprint density at radius 1 is 1.42 bits per heavy atom. The minimum Gasteiger partial charge on any atom is -0.308 e. The smallest absolute Gasteiger partial charge is 0.0283 e. The quantitative estimate of drug-likeness (QED) is 0.675. The Balaban J connectivity index is 2.45. The molecule has 1 saturated heterocycles. The molecule has 1 rings (SSSR count). The van der Waals surface area contributed by atoms with E-state index in [1.807, 2.05) is 0 Å². The van der Waals surface area contributed by atoms with Gasteiger partial charge in [0.2, 0.25) is 0 Å². The summed E-state index contributed by atoms with van der Waals surface area (Å²) in [7, 11) is 2.21. The molecule has 0 aromatic carbocycles. The summed E-state index contributed by atoms with van der Waals surface area (Å²) in [4.78, 5) is 2.42. The molecule has 2 heteroatoms. The third-order valence-electron chi connectivity index (χ3n) is 2.52. The zero-order valence-corrected chi connectivity index (χ0v) is 8.85. The molecule has 0 aromatic heterocycles. The Morgan fingerprint density at radius 3 is 2.58 bits per heavy atom. The van der Waals surface area contributed by atoms with E-state index in [1.165, 1.54) is 25.9 Å². The summed E-state index contributed by atoms with van der Waals surface area (Å²) in [5.41, 5.74) is 0.348. The van der Waals surface area contributed by atoms with Gasteiger partial charge < -0.3 is 10.2 Å². The maximum atomic E-state index is 3.65. The topological polar surface area (TPSA) is 15.3 Å². The van der Waals surface area contributed by atoms with Crippen LogP contribution in [-0.4, -0.2) is 36.6 Å². The summed E-state index contributed by atoms with van der Waals surface area (Å²) >= 11 is 0. The molecule has 1 fully saturated rings. The molecule has 0 saturated carbocycles. The van der Waals surface area contributed by atoms with Gasteiger partial charge in [-0.15, -0.1) is 0 Å². The highest BCUT2D eigenvalue weighted by Crippen LogP contribution is 2.19. The molecule has 0 aromatic rings. The van der Waals surface area contributed by atoms with Gasteiger partial charge in [0, 0.05) is 18.1 Å². The number of likely N-dealkylation sites (tertiary alicyclic amines) is 1. The lowest BCUT2D eigenvalue weighted by molar-refractivity contribution is 0.150. The third-order valence-corrected chi connectivity index (χ3v) is 2.52. The van der Waals surface area contributed by atoms with Gasteiger partial charge in [0.05, 0.1) is 0 Å². The first kappa shape index (κ1) is 10.0. The number of nitrogens with zero attached hydrogens (tertiary/aromatic N) is 1. The molecule has 72 valence electrons. The fourth-order valence-electron chi connectivity index (χ4n) is 2.31. The van der Waals surface area contributed by atoms with Crippen LogP contribution >= 0.6 is 0 Å². The number of hydrogen-bond donors (Lipinski definition) is 1. The van der Waals surface area contributed by atoms with E-state index in [0.29, 0.717) is 11.6 Å². The van der Waals surface area contributed by atoms with Crippen molar-refractivity contribution in [3.05, 3.63) is 0 Å². The molecule has 0 radical (unpaired) electrons. The molecule has 1 aliphatic rings. The summed E-state index contributed by atoms with van der Waals surface area (Å²) < 4.78 is 0. The van der Waals surface area contributed by atoms with Crippen LogP contribution < -0.4 is 5.32 Å². The summed E-state index contributed by atoms with van der Waals surface area (Å²) in [5.74, 6) is 0. The van der Waals surface area contributed by atoms with E-state index in [-0.39, 0.29) is 0 Å². The van der Waals surface area contributed by atoms with Gasteiger partial charge in [-0.05, 0) is 33.4 Å². The average Bonchev–Trinajstić information content (AvgIpc) is 1.82. The zero-order chi connectivity index (χ0) is 9.19. The fourth-order valence-corrected chi connectivity index (χ4v) is 2.31. The van der Waals surface area contributed by atoms with Gasteiger partial charge in [0.15, 0.2) is 0 Å². The summed E-state index contributed by atoms with van der Waals surface area (Å²) in [6.07, 6.45) is 2.64. The van der Waals surface area contributed by atoms with Crippen molar-refractivity contribution in [2.75, 3.05) is 20.1 Å². The lowest BCUT2D eigenvalue weighted by atomic mass is 9.91. The molecular weight excluding hydrogens is 148 g/mol. The van der Waals surface area contributed by atoms with Gasteiger partial charge in [-0.1, -0.05) is 13.8 Å². The normalized spacial score (nSPS) is 32.8. The van der Waals surface area contributed by atoms with E-state index in [1.54, 1.807) is 0 Å². The second kappa shape index (κ2) is 3.75. The van der Waals surface area contributed by atoms with Crippen LogP contribution in [0.5, 0.6) is 0 Å². The largest absolute Gasteiger partial charge is 0.308 e. The van der Waals surface area contributed by atoms with Crippen molar-refractivity contribution in [3.63, 3.8) is 0 Å². The van der Waals surface area contributed by atoms with E-state index < -0.39 is 0 Å². The van der Waals surface area contributed by atoms with Gasteiger partial charge in [-0.2, -0.15) is 0 Å². The first-order valence-electron chi connectivity index (χ1n) is 4.98. The first-order valence-corrected chi connectivity index (χ1v) is 4.98. The van der Waals surface area contributed by atoms with E-state index in [4.69, 9.17) is 0 Å². The van der Waals surface area contributed by atoms with Crippen molar-refractivity contribution in [3.8, 4) is 0 Å². The van der Waals surface area contributed by atoms with Gasteiger partial charge in [-0.3, -0.25) is 0 Å². The fraction of sp³-hybridized carbons (Fsp3) is 1.00. The summed E-state index contributed by atoms with van der Waals surface area (Å²) in [5, 5.41) is 3.65. The molecule has 12 heavy (non-hydrogen) atoms. The van der Waals surface area contributed by atoms with E-state index in [9.17, 15) is 0 Å². The van der Waals surface area contributed by atoms with Crippen LogP contribution in [0, 0.1) is 0 Å². The van der Waals surface area contributed by atoms with Crippen LogP contribution in [0.4, 0.5) is 0 Å². The Labute approximate surface area is 76.3 Å². The van der Waals surface area contributed by atoms with Crippen molar-refractivity contribution in [2.45, 2.75) is 45.2 Å².